The number of fused-ring (bicyclic) bond motifs is 1. The molecule has 0 aliphatic carbocycles. The van der Waals surface area contributed by atoms with Crippen molar-refractivity contribution in [3.8, 4) is 0 Å². The Morgan fingerprint density at radius 3 is 2.85 bits per heavy atom. The molecule has 0 saturated heterocycles. The van der Waals surface area contributed by atoms with Crippen molar-refractivity contribution >= 4 is 17.2 Å². The second-order valence-electron chi connectivity index (χ2n) is 7.32. The Bertz CT molecular complexity index is 762. The Hall–Kier alpha value is -1.70. The number of aryl methyl sites for hydroxylation is 2. The summed E-state index contributed by atoms with van der Waals surface area (Å²) in [6.45, 7) is 10.4. The summed E-state index contributed by atoms with van der Waals surface area (Å²) < 4.78 is 5.26. The summed E-state index contributed by atoms with van der Waals surface area (Å²) in [6, 6.07) is -0.210. The summed E-state index contributed by atoms with van der Waals surface area (Å²) >= 11 is 1.64. The maximum atomic E-state index is 12.6. The highest BCUT2D eigenvalue weighted by Gasteiger charge is 2.26. The van der Waals surface area contributed by atoms with Crippen molar-refractivity contribution in [2.45, 2.75) is 53.2 Å². The SMILES string of the molecule is Cc1noc(C)c1CN1CCc2c(C(=O)N[C@@H](CO)C(C)C)csc2C1. The zero-order chi connectivity index (χ0) is 18.8. The molecule has 6 nitrogen and oxygen atoms in total. The van der Waals surface area contributed by atoms with Crippen molar-refractivity contribution in [1.82, 2.24) is 15.4 Å². The van der Waals surface area contributed by atoms with Gasteiger partial charge in [0.05, 0.1) is 23.9 Å². The van der Waals surface area contributed by atoms with Gasteiger partial charge in [-0.3, -0.25) is 9.69 Å². The van der Waals surface area contributed by atoms with Crippen LogP contribution in [0.2, 0.25) is 0 Å². The number of aliphatic hydroxyl groups is 1. The lowest BCUT2D eigenvalue weighted by Gasteiger charge is -2.27. The molecule has 0 spiro atoms. The molecule has 1 aliphatic rings. The van der Waals surface area contributed by atoms with Crippen LogP contribution in [0.4, 0.5) is 0 Å². The van der Waals surface area contributed by atoms with E-state index in [2.05, 4.69) is 15.4 Å². The largest absolute Gasteiger partial charge is 0.394 e. The van der Waals surface area contributed by atoms with Crippen LogP contribution >= 0.6 is 11.3 Å². The maximum absolute atomic E-state index is 12.6. The first-order valence-electron chi connectivity index (χ1n) is 9.05. The summed E-state index contributed by atoms with van der Waals surface area (Å²) in [6.07, 6.45) is 0.858. The van der Waals surface area contributed by atoms with Crippen LogP contribution in [-0.2, 0) is 19.5 Å². The monoisotopic (exact) mass is 377 g/mol. The molecule has 2 aromatic rings. The van der Waals surface area contributed by atoms with Crippen molar-refractivity contribution in [3.05, 3.63) is 38.4 Å². The zero-order valence-corrected chi connectivity index (χ0v) is 16.7. The Kier molecular flexibility index (Phi) is 5.79. The second-order valence-corrected chi connectivity index (χ2v) is 8.29. The molecule has 1 amide bonds. The quantitative estimate of drug-likeness (QED) is 0.809. The van der Waals surface area contributed by atoms with E-state index in [0.717, 1.165) is 54.2 Å². The van der Waals surface area contributed by atoms with E-state index in [1.165, 1.54) is 4.88 Å². The van der Waals surface area contributed by atoms with Crippen LogP contribution in [-0.4, -0.2) is 40.3 Å². The zero-order valence-electron chi connectivity index (χ0n) is 15.8. The normalized spacial score (nSPS) is 15.9. The highest BCUT2D eigenvalue weighted by Crippen LogP contribution is 2.30. The van der Waals surface area contributed by atoms with Gasteiger partial charge in [0.25, 0.3) is 5.91 Å². The van der Waals surface area contributed by atoms with Crippen molar-refractivity contribution < 1.29 is 14.4 Å². The summed E-state index contributed by atoms with van der Waals surface area (Å²) in [4.78, 5) is 16.2. The molecule has 2 aromatic heterocycles. The van der Waals surface area contributed by atoms with Gasteiger partial charge in [-0.1, -0.05) is 19.0 Å². The van der Waals surface area contributed by atoms with Gasteiger partial charge in [-0.15, -0.1) is 11.3 Å². The summed E-state index contributed by atoms with van der Waals surface area (Å²) in [5, 5.41) is 18.4. The molecular weight excluding hydrogens is 350 g/mol. The number of hydrogen-bond donors (Lipinski definition) is 2. The molecule has 0 fully saturated rings. The number of carbonyl (C=O) groups excluding carboxylic acids is 1. The van der Waals surface area contributed by atoms with Gasteiger partial charge < -0.3 is 14.9 Å². The minimum Gasteiger partial charge on any atom is -0.394 e. The highest BCUT2D eigenvalue weighted by molar-refractivity contribution is 7.10. The third-order valence-electron chi connectivity index (χ3n) is 5.15. The number of aliphatic hydroxyl groups excluding tert-OH is 1. The Morgan fingerprint density at radius 1 is 1.46 bits per heavy atom. The van der Waals surface area contributed by atoms with E-state index in [1.807, 2.05) is 33.1 Å². The molecule has 0 saturated carbocycles. The topological polar surface area (TPSA) is 78.6 Å². The molecule has 2 N–H and O–H groups in total. The number of hydrogen-bond acceptors (Lipinski definition) is 6. The smallest absolute Gasteiger partial charge is 0.252 e. The van der Waals surface area contributed by atoms with Gasteiger partial charge >= 0.3 is 0 Å². The van der Waals surface area contributed by atoms with E-state index >= 15 is 0 Å². The molecule has 7 heteroatoms. The van der Waals surface area contributed by atoms with Crippen LogP contribution in [0.1, 0.15) is 51.7 Å². The molecule has 142 valence electrons. The van der Waals surface area contributed by atoms with Crippen LogP contribution in [0.5, 0.6) is 0 Å². The molecule has 0 aromatic carbocycles. The van der Waals surface area contributed by atoms with Crippen LogP contribution in [0.25, 0.3) is 0 Å². The van der Waals surface area contributed by atoms with Gasteiger partial charge in [-0.25, -0.2) is 0 Å². The Morgan fingerprint density at radius 2 is 2.23 bits per heavy atom. The van der Waals surface area contributed by atoms with Crippen LogP contribution in [0, 0.1) is 19.8 Å². The average Bonchev–Trinajstić information content (AvgIpc) is 3.17. The number of amides is 1. The van der Waals surface area contributed by atoms with Gasteiger partial charge in [-0.2, -0.15) is 0 Å². The molecule has 0 radical (unpaired) electrons. The average molecular weight is 378 g/mol. The van der Waals surface area contributed by atoms with Crippen LogP contribution in [0.15, 0.2) is 9.90 Å². The predicted molar refractivity (Wildman–Crippen MR) is 101 cm³/mol. The van der Waals surface area contributed by atoms with E-state index in [9.17, 15) is 9.90 Å². The molecule has 0 bridgehead atoms. The molecule has 3 heterocycles. The van der Waals surface area contributed by atoms with Gasteiger partial charge in [0.1, 0.15) is 5.76 Å². The van der Waals surface area contributed by atoms with E-state index in [-0.39, 0.29) is 24.5 Å². The summed E-state index contributed by atoms with van der Waals surface area (Å²) in [5.41, 5.74) is 4.03. The molecular formula is C19H27N3O3S. The van der Waals surface area contributed by atoms with Gasteiger partial charge in [0.15, 0.2) is 0 Å². The van der Waals surface area contributed by atoms with Gasteiger partial charge in [0.2, 0.25) is 0 Å². The lowest BCUT2D eigenvalue weighted by Crippen LogP contribution is -2.41. The van der Waals surface area contributed by atoms with Gasteiger partial charge in [-0.05, 0) is 31.7 Å². The third-order valence-corrected chi connectivity index (χ3v) is 6.17. The van der Waals surface area contributed by atoms with Crippen molar-refractivity contribution in [1.29, 1.82) is 0 Å². The molecule has 26 heavy (non-hydrogen) atoms. The number of rotatable bonds is 6. The number of aromatic nitrogens is 1. The minimum absolute atomic E-state index is 0.0407. The van der Waals surface area contributed by atoms with Crippen molar-refractivity contribution in [3.63, 3.8) is 0 Å². The number of carbonyl (C=O) groups is 1. The minimum atomic E-state index is -0.210. The van der Waals surface area contributed by atoms with Crippen molar-refractivity contribution in [2.75, 3.05) is 13.2 Å². The van der Waals surface area contributed by atoms with Gasteiger partial charge in [0, 0.05) is 35.5 Å². The second kappa shape index (κ2) is 7.90. The Labute approximate surface area is 158 Å². The highest BCUT2D eigenvalue weighted by atomic mass is 32.1. The fourth-order valence-corrected chi connectivity index (χ4v) is 4.45. The van der Waals surface area contributed by atoms with Crippen molar-refractivity contribution in [2.24, 2.45) is 5.92 Å². The third kappa shape index (κ3) is 3.84. The summed E-state index contributed by atoms with van der Waals surface area (Å²) in [7, 11) is 0. The summed E-state index contributed by atoms with van der Waals surface area (Å²) in [5.74, 6) is 1.00. The van der Waals surface area contributed by atoms with E-state index in [0.29, 0.717) is 0 Å². The molecule has 1 aliphatic heterocycles. The first kappa shape index (κ1) is 19.1. The van der Waals surface area contributed by atoms with E-state index in [1.54, 1.807) is 11.3 Å². The standard InChI is InChI=1S/C19H27N3O3S/c1-11(2)17(9-23)20-19(24)16-10-26-18-8-22(6-5-14(16)18)7-15-12(3)21-25-13(15)4/h10-11,17,23H,5-9H2,1-4H3,(H,20,24)/t17-/m0/s1. The fourth-order valence-electron chi connectivity index (χ4n) is 3.33. The Balaban J connectivity index is 1.69. The lowest BCUT2D eigenvalue weighted by molar-refractivity contribution is 0.0895. The number of nitrogens with zero attached hydrogens (tertiary/aromatic N) is 2. The first-order chi connectivity index (χ1) is 12.4. The predicted octanol–water partition coefficient (Wildman–Crippen LogP) is 2.66. The van der Waals surface area contributed by atoms with E-state index in [4.69, 9.17) is 4.52 Å². The first-order valence-corrected chi connectivity index (χ1v) is 9.93. The molecule has 1 atom stereocenters. The number of nitrogens with one attached hydrogen (secondary N) is 1. The maximum Gasteiger partial charge on any atom is 0.252 e. The molecule has 0 unspecified atom stereocenters. The fraction of sp³-hybridized carbons (Fsp3) is 0.579. The van der Waals surface area contributed by atoms with Crippen LogP contribution < -0.4 is 5.32 Å². The molecule has 3 rings (SSSR count). The number of thiophene rings is 1. The lowest BCUT2D eigenvalue weighted by atomic mass is 10.0. The van der Waals surface area contributed by atoms with Crippen LogP contribution in [0.3, 0.4) is 0 Å². The van der Waals surface area contributed by atoms with E-state index < -0.39 is 0 Å².